The molecule has 6 nitrogen and oxygen atoms in total. The molecule has 2 aromatic rings. The highest BCUT2D eigenvalue weighted by Gasteiger charge is 2.30. The van der Waals surface area contributed by atoms with Crippen LogP contribution in [0.4, 0.5) is 9.93 Å². The summed E-state index contributed by atoms with van der Waals surface area (Å²) in [5, 5.41) is 4.00. The number of urea groups is 1. The van der Waals surface area contributed by atoms with Crippen molar-refractivity contribution >= 4 is 22.7 Å². The summed E-state index contributed by atoms with van der Waals surface area (Å²) < 4.78 is 4.53. The maximum atomic E-state index is 12.5. The van der Waals surface area contributed by atoms with Gasteiger partial charge in [-0.05, 0) is 40.2 Å². The molecule has 1 aromatic carbocycles. The topological polar surface area (TPSA) is 61.4 Å². The largest absolute Gasteiger partial charge is 0.343 e. The van der Waals surface area contributed by atoms with Gasteiger partial charge in [-0.1, -0.05) is 29.8 Å². The molecule has 2 amide bonds. The van der Waals surface area contributed by atoms with Gasteiger partial charge in [0.15, 0.2) is 0 Å². The molecule has 3 rings (SSSR count). The number of anilines is 1. The highest BCUT2D eigenvalue weighted by atomic mass is 32.1. The summed E-state index contributed by atoms with van der Waals surface area (Å²) in [5.41, 5.74) is 2.26. The Morgan fingerprint density at radius 1 is 1.26 bits per heavy atom. The van der Waals surface area contributed by atoms with Crippen molar-refractivity contribution in [3.05, 3.63) is 41.2 Å². The van der Waals surface area contributed by atoms with Crippen molar-refractivity contribution in [2.24, 2.45) is 0 Å². The molecule has 1 unspecified atom stereocenters. The fraction of sp³-hybridized carbons (Fsp3) is 0.550. The minimum absolute atomic E-state index is 0.00646. The lowest BCUT2D eigenvalue weighted by molar-refractivity contribution is 0.163. The normalized spacial score (nSPS) is 17.9. The van der Waals surface area contributed by atoms with Crippen LogP contribution in [0, 0.1) is 6.92 Å². The number of nitrogens with one attached hydrogen (secondary N) is 1. The van der Waals surface area contributed by atoms with Crippen LogP contribution < -0.4 is 10.2 Å². The molecule has 7 heteroatoms. The van der Waals surface area contributed by atoms with Gasteiger partial charge in [0.1, 0.15) is 5.82 Å². The van der Waals surface area contributed by atoms with Crippen molar-refractivity contribution in [2.45, 2.75) is 52.6 Å². The number of piperazine rings is 1. The van der Waals surface area contributed by atoms with Gasteiger partial charge in [0.2, 0.25) is 5.13 Å². The molecule has 1 aliphatic heterocycles. The van der Waals surface area contributed by atoms with Gasteiger partial charge in [0.25, 0.3) is 0 Å². The number of hydrogen-bond donors (Lipinski definition) is 1. The van der Waals surface area contributed by atoms with Crippen LogP contribution >= 0.6 is 11.5 Å². The number of nitrogens with zero attached hydrogens (tertiary/aromatic N) is 4. The molecule has 0 spiro atoms. The second kappa shape index (κ2) is 7.84. The monoisotopic (exact) mass is 387 g/mol. The lowest BCUT2D eigenvalue weighted by atomic mass is 10.1. The van der Waals surface area contributed by atoms with Gasteiger partial charge in [0.05, 0.1) is 0 Å². The Kier molecular flexibility index (Phi) is 5.69. The van der Waals surface area contributed by atoms with E-state index < -0.39 is 0 Å². The Morgan fingerprint density at radius 3 is 2.59 bits per heavy atom. The van der Waals surface area contributed by atoms with Crippen molar-refractivity contribution in [3.8, 4) is 0 Å². The van der Waals surface area contributed by atoms with Gasteiger partial charge in [-0.15, -0.1) is 0 Å². The van der Waals surface area contributed by atoms with Crippen LogP contribution in [0.3, 0.4) is 0 Å². The second-order valence-electron chi connectivity index (χ2n) is 8.32. The Bertz CT molecular complexity index is 780. The summed E-state index contributed by atoms with van der Waals surface area (Å²) in [6.45, 7) is 12.4. The number of carbonyl (C=O) groups is 1. The zero-order valence-corrected chi connectivity index (χ0v) is 17.6. The quantitative estimate of drug-likeness (QED) is 0.876. The third kappa shape index (κ3) is 5.19. The van der Waals surface area contributed by atoms with Crippen molar-refractivity contribution in [1.29, 1.82) is 0 Å². The molecule has 2 heterocycles. The summed E-state index contributed by atoms with van der Waals surface area (Å²) in [6, 6.07) is 8.63. The van der Waals surface area contributed by atoms with Crippen LogP contribution in [-0.4, -0.2) is 51.5 Å². The second-order valence-corrected chi connectivity index (χ2v) is 9.05. The van der Waals surface area contributed by atoms with Crippen molar-refractivity contribution in [3.63, 3.8) is 0 Å². The predicted octanol–water partition coefficient (Wildman–Crippen LogP) is 3.46. The van der Waals surface area contributed by atoms with Crippen molar-refractivity contribution < 1.29 is 4.79 Å². The fourth-order valence-electron chi connectivity index (χ4n) is 3.16. The maximum absolute atomic E-state index is 12.5. The number of aromatic nitrogens is 2. The number of carbonyl (C=O) groups excluding carboxylic acids is 1. The lowest BCUT2D eigenvalue weighted by Gasteiger charge is -2.40. The van der Waals surface area contributed by atoms with Crippen LogP contribution in [0.15, 0.2) is 24.3 Å². The van der Waals surface area contributed by atoms with Crippen molar-refractivity contribution in [2.75, 3.05) is 24.5 Å². The van der Waals surface area contributed by atoms with Gasteiger partial charge in [-0.3, -0.25) is 0 Å². The summed E-state index contributed by atoms with van der Waals surface area (Å²) in [5.74, 6) is 0.861. The van der Waals surface area contributed by atoms with E-state index in [4.69, 9.17) is 4.98 Å². The molecule has 0 saturated carbocycles. The van der Waals surface area contributed by atoms with E-state index in [0.717, 1.165) is 30.5 Å². The Hall–Kier alpha value is -2.15. The van der Waals surface area contributed by atoms with E-state index in [1.54, 1.807) is 0 Å². The summed E-state index contributed by atoms with van der Waals surface area (Å²) in [4.78, 5) is 21.3. The maximum Gasteiger partial charge on any atom is 0.318 e. The number of benzene rings is 1. The van der Waals surface area contributed by atoms with Crippen LogP contribution in [0.1, 0.15) is 44.6 Å². The molecule has 1 saturated heterocycles. The molecule has 1 aliphatic rings. The molecule has 1 N–H and O–H groups in total. The van der Waals surface area contributed by atoms with Gasteiger partial charge < -0.3 is 15.1 Å². The molecule has 1 fully saturated rings. The summed E-state index contributed by atoms with van der Waals surface area (Å²) in [7, 11) is 0. The highest BCUT2D eigenvalue weighted by Crippen LogP contribution is 2.22. The van der Waals surface area contributed by atoms with Crippen LogP contribution in [0.2, 0.25) is 0 Å². The van der Waals surface area contributed by atoms with Crippen LogP contribution in [0.25, 0.3) is 0 Å². The lowest BCUT2D eigenvalue weighted by Crippen LogP contribution is -2.59. The first-order chi connectivity index (χ1) is 12.7. The molecule has 0 bridgehead atoms. The minimum atomic E-state index is -0.224. The van der Waals surface area contributed by atoms with E-state index >= 15 is 0 Å². The average molecular weight is 388 g/mol. The van der Waals surface area contributed by atoms with Gasteiger partial charge >= 0.3 is 6.03 Å². The third-order valence-electron chi connectivity index (χ3n) is 4.58. The number of rotatable bonds is 3. The van der Waals surface area contributed by atoms with E-state index in [1.165, 1.54) is 22.7 Å². The molecule has 0 radical (unpaired) electrons. The Labute approximate surface area is 165 Å². The average Bonchev–Trinajstić information content (AvgIpc) is 3.03. The molecular weight excluding hydrogens is 358 g/mol. The zero-order valence-electron chi connectivity index (χ0n) is 16.8. The summed E-state index contributed by atoms with van der Waals surface area (Å²) >= 11 is 1.45. The van der Waals surface area contributed by atoms with Gasteiger partial charge in [0, 0.05) is 49.2 Å². The zero-order chi connectivity index (χ0) is 19.6. The number of hydrogen-bond acceptors (Lipinski definition) is 5. The number of aryl methyl sites for hydroxylation is 1. The first-order valence-corrected chi connectivity index (χ1v) is 10.2. The van der Waals surface area contributed by atoms with E-state index in [9.17, 15) is 4.79 Å². The van der Waals surface area contributed by atoms with Crippen molar-refractivity contribution in [1.82, 2.24) is 19.6 Å². The molecule has 1 aromatic heterocycles. The third-order valence-corrected chi connectivity index (χ3v) is 5.40. The molecule has 0 aliphatic carbocycles. The molecular formula is C20H29N5OS. The number of amides is 2. The van der Waals surface area contributed by atoms with E-state index in [-0.39, 0.29) is 17.6 Å². The SMILES string of the molecule is Cc1ccc(Cc2nsc(N3CCN(C(=O)NC(C)(C)C)C(C)C3)n2)cc1. The molecule has 146 valence electrons. The molecule has 1 atom stereocenters. The highest BCUT2D eigenvalue weighted by molar-refractivity contribution is 7.09. The smallest absolute Gasteiger partial charge is 0.318 e. The standard InChI is InChI=1S/C20H29N5OS/c1-14-6-8-16(9-7-14)12-17-21-19(27-23-17)24-10-11-25(15(2)13-24)18(26)22-20(3,4)5/h6-9,15H,10-13H2,1-5H3,(H,22,26). The van der Waals surface area contributed by atoms with E-state index in [2.05, 4.69) is 52.7 Å². The van der Waals surface area contributed by atoms with Crippen LogP contribution in [0.5, 0.6) is 0 Å². The van der Waals surface area contributed by atoms with Crippen LogP contribution in [-0.2, 0) is 6.42 Å². The predicted molar refractivity (Wildman–Crippen MR) is 111 cm³/mol. The molecule has 27 heavy (non-hydrogen) atoms. The van der Waals surface area contributed by atoms with E-state index in [0.29, 0.717) is 6.54 Å². The van der Waals surface area contributed by atoms with Gasteiger partial charge in [-0.25, -0.2) is 9.78 Å². The van der Waals surface area contributed by atoms with Gasteiger partial charge in [-0.2, -0.15) is 4.37 Å². The minimum Gasteiger partial charge on any atom is -0.343 e. The summed E-state index contributed by atoms with van der Waals surface area (Å²) in [6.07, 6.45) is 0.750. The Balaban J connectivity index is 1.60. The first-order valence-electron chi connectivity index (χ1n) is 9.43. The first kappa shape index (κ1) is 19.6. The fourth-order valence-corrected chi connectivity index (χ4v) is 3.88. The Morgan fingerprint density at radius 2 is 1.96 bits per heavy atom. The van der Waals surface area contributed by atoms with E-state index in [1.807, 2.05) is 25.7 Å².